The van der Waals surface area contributed by atoms with Crippen molar-refractivity contribution in [2.24, 2.45) is 0 Å². The summed E-state index contributed by atoms with van der Waals surface area (Å²) in [6.07, 6.45) is 1.10. The van der Waals surface area contributed by atoms with Crippen LogP contribution in [-0.2, 0) is 26.1 Å². The first-order valence-corrected chi connectivity index (χ1v) is 6.60. The van der Waals surface area contributed by atoms with Crippen molar-refractivity contribution in [1.82, 2.24) is 5.32 Å². The Hall–Kier alpha value is -1.10. The van der Waals surface area contributed by atoms with Gasteiger partial charge in [-0.3, -0.25) is 0 Å². The van der Waals surface area contributed by atoms with Crippen LogP contribution in [0, 0.1) is 0 Å². The molecule has 0 saturated carbocycles. The van der Waals surface area contributed by atoms with Crippen LogP contribution in [0.4, 0.5) is 0 Å². The number of aliphatic hydroxyl groups excluding tert-OH is 1. The summed E-state index contributed by atoms with van der Waals surface area (Å²) in [5.41, 5.74) is 0. The molecule has 0 radical (unpaired) electrons. The van der Waals surface area contributed by atoms with Gasteiger partial charge >= 0.3 is 0 Å². The van der Waals surface area contributed by atoms with Gasteiger partial charge in [0.1, 0.15) is 18.1 Å². The fourth-order valence-corrected chi connectivity index (χ4v) is 2.55. The van der Waals surface area contributed by atoms with Crippen LogP contribution >= 0.6 is 11.3 Å². The van der Waals surface area contributed by atoms with Crippen LogP contribution in [0.3, 0.4) is 0 Å². The second kappa shape index (κ2) is 6.00. The quantitative estimate of drug-likeness (QED) is 0.829. The minimum atomic E-state index is -0.0369. The van der Waals surface area contributed by atoms with E-state index < -0.39 is 0 Å². The molecule has 0 aliphatic carbocycles. The smallest absolute Gasteiger partial charge is 0.129 e. The predicted octanol–water partition coefficient (Wildman–Crippen LogP) is 2.69. The van der Waals surface area contributed by atoms with Crippen LogP contribution in [0.1, 0.15) is 28.2 Å². The summed E-state index contributed by atoms with van der Waals surface area (Å²) in [5, 5.41) is 12.2. The Morgan fingerprint density at radius 2 is 1.88 bits per heavy atom. The molecule has 17 heavy (non-hydrogen) atoms. The predicted molar refractivity (Wildman–Crippen MR) is 68.9 cm³/mol. The normalized spacial score (nSPS) is 10.9. The molecule has 2 aromatic heterocycles. The van der Waals surface area contributed by atoms with Crippen molar-refractivity contribution in [2.75, 3.05) is 0 Å². The highest BCUT2D eigenvalue weighted by Crippen LogP contribution is 2.16. The fourth-order valence-electron chi connectivity index (χ4n) is 1.62. The SMILES string of the molecule is CCc1ccc(CNCc2ccc(CO)o2)s1. The Bertz CT molecular complexity index is 419. The molecule has 0 spiro atoms. The average Bonchev–Trinajstić information content (AvgIpc) is 2.97. The van der Waals surface area contributed by atoms with E-state index in [4.69, 9.17) is 9.52 Å². The molecule has 2 heterocycles. The van der Waals surface area contributed by atoms with Crippen LogP contribution in [0.15, 0.2) is 28.7 Å². The molecule has 0 amide bonds. The lowest BCUT2D eigenvalue weighted by Gasteiger charge is -2.00. The summed E-state index contributed by atoms with van der Waals surface area (Å²) in [5.74, 6) is 1.48. The average molecular weight is 251 g/mol. The monoisotopic (exact) mass is 251 g/mol. The number of hydrogen-bond acceptors (Lipinski definition) is 4. The van der Waals surface area contributed by atoms with E-state index in [0.29, 0.717) is 12.3 Å². The second-order valence-corrected chi connectivity index (χ2v) is 5.10. The molecule has 2 N–H and O–H groups in total. The van der Waals surface area contributed by atoms with Crippen LogP contribution in [0.5, 0.6) is 0 Å². The van der Waals surface area contributed by atoms with Crippen molar-refractivity contribution >= 4 is 11.3 Å². The highest BCUT2D eigenvalue weighted by molar-refractivity contribution is 7.11. The van der Waals surface area contributed by atoms with Crippen molar-refractivity contribution in [3.8, 4) is 0 Å². The molecule has 0 atom stereocenters. The van der Waals surface area contributed by atoms with Gasteiger partial charge in [0, 0.05) is 16.3 Å². The lowest BCUT2D eigenvalue weighted by Crippen LogP contribution is -2.10. The van der Waals surface area contributed by atoms with E-state index in [0.717, 1.165) is 18.7 Å². The largest absolute Gasteiger partial charge is 0.462 e. The molecular formula is C13H17NO2S. The van der Waals surface area contributed by atoms with Crippen molar-refractivity contribution in [3.05, 3.63) is 45.5 Å². The molecular weight excluding hydrogens is 234 g/mol. The molecule has 0 fully saturated rings. The Labute approximate surface area is 105 Å². The Morgan fingerprint density at radius 3 is 2.53 bits per heavy atom. The zero-order chi connectivity index (χ0) is 12.1. The number of hydrogen-bond donors (Lipinski definition) is 2. The van der Waals surface area contributed by atoms with Gasteiger partial charge in [0.05, 0.1) is 6.54 Å². The van der Waals surface area contributed by atoms with Crippen LogP contribution in [0.2, 0.25) is 0 Å². The molecule has 0 aliphatic rings. The number of rotatable bonds is 6. The molecule has 0 aliphatic heterocycles. The van der Waals surface area contributed by atoms with E-state index in [-0.39, 0.29) is 6.61 Å². The van der Waals surface area contributed by atoms with Crippen molar-refractivity contribution in [3.63, 3.8) is 0 Å². The van der Waals surface area contributed by atoms with Crippen LogP contribution < -0.4 is 5.32 Å². The second-order valence-electron chi connectivity index (χ2n) is 3.85. The Balaban J connectivity index is 1.79. The molecule has 0 bridgehead atoms. The summed E-state index contributed by atoms with van der Waals surface area (Å²) >= 11 is 1.84. The van der Waals surface area contributed by atoms with E-state index in [1.807, 2.05) is 17.4 Å². The van der Waals surface area contributed by atoms with E-state index in [2.05, 4.69) is 24.4 Å². The Morgan fingerprint density at radius 1 is 1.12 bits per heavy atom. The molecule has 92 valence electrons. The van der Waals surface area contributed by atoms with Crippen molar-refractivity contribution in [1.29, 1.82) is 0 Å². The summed E-state index contributed by atoms with van der Waals surface area (Å²) in [6.45, 7) is 3.69. The third-order valence-electron chi connectivity index (χ3n) is 2.54. The number of aliphatic hydroxyl groups is 1. The summed E-state index contributed by atoms with van der Waals surface area (Å²) < 4.78 is 5.39. The molecule has 0 saturated heterocycles. The maximum absolute atomic E-state index is 8.87. The van der Waals surface area contributed by atoms with Gasteiger partial charge in [-0.15, -0.1) is 11.3 Å². The maximum atomic E-state index is 8.87. The van der Waals surface area contributed by atoms with E-state index in [1.165, 1.54) is 9.75 Å². The lowest BCUT2D eigenvalue weighted by atomic mass is 10.3. The third-order valence-corrected chi connectivity index (χ3v) is 3.77. The molecule has 4 heteroatoms. The minimum absolute atomic E-state index is 0.0369. The first-order valence-electron chi connectivity index (χ1n) is 5.78. The third kappa shape index (κ3) is 3.43. The number of furan rings is 1. The van der Waals surface area contributed by atoms with Gasteiger partial charge in [-0.05, 0) is 30.7 Å². The molecule has 2 rings (SSSR count). The minimum Gasteiger partial charge on any atom is -0.462 e. The fraction of sp³-hybridized carbons (Fsp3) is 0.385. The highest BCUT2D eigenvalue weighted by Gasteiger charge is 2.02. The molecule has 0 unspecified atom stereocenters. The van der Waals surface area contributed by atoms with Crippen LogP contribution in [-0.4, -0.2) is 5.11 Å². The van der Waals surface area contributed by atoms with E-state index in [9.17, 15) is 0 Å². The number of nitrogens with one attached hydrogen (secondary N) is 1. The zero-order valence-corrected chi connectivity index (χ0v) is 10.7. The summed E-state index contributed by atoms with van der Waals surface area (Å²) in [4.78, 5) is 2.76. The van der Waals surface area contributed by atoms with Crippen LogP contribution in [0.25, 0.3) is 0 Å². The van der Waals surface area contributed by atoms with E-state index >= 15 is 0 Å². The van der Waals surface area contributed by atoms with Gasteiger partial charge in [-0.1, -0.05) is 6.92 Å². The highest BCUT2D eigenvalue weighted by atomic mass is 32.1. The van der Waals surface area contributed by atoms with Gasteiger partial charge in [0.15, 0.2) is 0 Å². The van der Waals surface area contributed by atoms with E-state index in [1.54, 1.807) is 6.07 Å². The molecule has 2 aromatic rings. The Kier molecular flexibility index (Phi) is 4.36. The van der Waals surface area contributed by atoms with Gasteiger partial charge in [0.25, 0.3) is 0 Å². The topological polar surface area (TPSA) is 45.4 Å². The standard InChI is InChI=1S/C13H17NO2S/c1-2-12-5-6-13(17-12)8-14-7-10-3-4-11(9-15)16-10/h3-6,14-15H,2,7-9H2,1H3. The van der Waals surface area contributed by atoms with Gasteiger partial charge in [-0.2, -0.15) is 0 Å². The summed E-state index contributed by atoms with van der Waals surface area (Å²) in [6, 6.07) is 8.04. The van der Waals surface area contributed by atoms with Gasteiger partial charge < -0.3 is 14.8 Å². The van der Waals surface area contributed by atoms with Gasteiger partial charge in [0.2, 0.25) is 0 Å². The lowest BCUT2D eigenvalue weighted by molar-refractivity contribution is 0.242. The first kappa shape index (κ1) is 12.4. The van der Waals surface area contributed by atoms with Gasteiger partial charge in [-0.25, -0.2) is 0 Å². The summed E-state index contributed by atoms with van der Waals surface area (Å²) in [7, 11) is 0. The van der Waals surface area contributed by atoms with Crippen molar-refractivity contribution in [2.45, 2.75) is 33.0 Å². The molecule has 0 aromatic carbocycles. The first-order chi connectivity index (χ1) is 8.31. The van der Waals surface area contributed by atoms with Crippen molar-refractivity contribution < 1.29 is 9.52 Å². The number of aryl methyl sites for hydroxylation is 1. The molecule has 3 nitrogen and oxygen atoms in total. The maximum Gasteiger partial charge on any atom is 0.129 e. The number of thiophene rings is 1. The zero-order valence-electron chi connectivity index (χ0n) is 9.90.